The number of aromatic nitrogens is 1. The third-order valence-electron chi connectivity index (χ3n) is 4.63. The van der Waals surface area contributed by atoms with Crippen molar-refractivity contribution in [3.63, 3.8) is 0 Å². The van der Waals surface area contributed by atoms with Crippen LogP contribution in [-0.4, -0.2) is 31.0 Å². The van der Waals surface area contributed by atoms with E-state index in [9.17, 15) is 4.79 Å². The Hall–Kier alpha value is -1.81. The van der Waals surface area contributed by atoms with Gasteiger partial charge in [-0.15, -0.1) is 0 Å². The van der Waals surface area contributed by atoms with Gasteiger partial charge in [0.25, 0.3) is 0 Å². The van der Waals surface area contributed by atoms with Gasteiger partial charge in [-0.1, -0.05) is 11.6 Å². The van der Waals surface area contributed by atoms with Crippen LogP contribution in [0.1, 0.15) is 24.1 Å². The van der Waals surface area contributed by atoms with Crippen molar-refractivity contribution in [2.45, 2.75) is 26.7 Å². The molecule has 1 amide bonds. The van der Waals surface area contributed by atoms with Crippen molar-refractivity contribution >= 4 is 34.1 Å². The fourth-order valence-electron chi connectivity index (χ4n) is 3.41. The Morgan fingerprint density at radius 2 is 1.96 bits per heavy atom. The third kappa shape index (κ3) is 3.13. The van der Waals surface area contributed by atoms with E-state index >= 15 is 0 Å². The van der Waals surface area contributed by atoms with Crippen LogP contribution in [0, 0.1) is 19.8 Å². The van der Waals surface area contributed by atoms with Crippen molar-refractivity contribution in [1.29, 1.82) is 0 Å². The molecule has 2 heterocycles. The molecule has 0 bridgehead atoms. The summed E-state index contributed by atoms with van der Waals surface area (Å²) in [6.07, 6.45) is 1.75. The lowest BCUT2D eigenvalue weighted by molar-refractivity contribution is -0.125. The number of nitrogens with zero attached hydrogens (tertiary/aromatic N) is 2. The maximum atomic E-state index is 11.8. The molecule has 4 nitrogen and oxygen atoms in total. The zero-order chi connectivity index (χ0) is 16.6. The number of piperidine rings is 1. The normalized spacial score (nSPS) is 15.9. The van der Waals surface area contributed by atoms with Gasteiger partial charge in [0.05, 0.1) is 5.52 Å². The van der Waals surface area contributed by atoms with Crippen molar-refractivity contribution < 1.29 is 4.79 Å². The number of anilines is 1. The maximum Gasteiger partial charge on any atom is 0.222 e. The fourth-order valence-corrected chi connectivity index (χ4v) is 3.68. The predicted molar refractivity (Wildman–Crippen MR) is 95.2 cm³/mol. The second-order valence-corrected chi connectivity index (χ2v) is 6.71. The molecule has 122 valence electrons. The quantitative estimate of drug-likeness (QED) is 0.916. The van der Waals surface area contributed by atoms with Crippen LogP contribution in [0.5, 0.6) is 0 Å². The maximum absolute atomic E-state index is 11.8. The average Bonchev–Trinajstić information content (AvgIpc) is 2.54. The van der Waals surface area contributed by atoms with E-state index in [1.54, 1.807) is 7.05 Å². The summed E-state index contributed by atoms with van der Waals surface area (Å²) in [5.74, 6) is 0.273. The van der Waals surface area contributed by atoms with Crippen LogP contribution in [0.2, 0.25) is 5.02 Å². The fraction of sp³-hybridized carbons (Fsp3) is 0.444. The highest BCUT2D eigenvalue weighted by molar-refractivity contribution is 6.31. The van der Waals surface area contributed by atoms with Crippen molar-refractivity contribution in [3.8, 4) is 0 Å². The highest BCUT2D eigenvalue weighted by atomic mass is 35.5. The number of halogens is 1. The number of carbonyl (C=O) groups is 1. The van der Waals surface area contributed by atoms with Crippen molar-refractivity contribution in [3.05, 3.63) is 34.5 Å². The molecule has 1 fully saturated rings. The number of pyridine rings is 1. The molecule has 3 rings (SSSR count). The van der Waals surface area contributed by atoms with Gasteiger partial charge in [-0.05, 0) is 50.5 Å². The van der Waals surface area contributed by atoms with E-state index in [4.69, 9.17) is 11.6 Å². The zero-order valence-corrected chi connectivity index (χ0v) is 14.6. The van der Waals surface area contributed by atoms with Crippen LogP contribution in [-0.2, 0) is 4.79 Å². The number of benzene rings is 1. The first-order valence-electron chi connectivity index (χ1n) is 8.03. The molecule has 0 unspecified atom stereocenters. The Kier molecular flexibility index (Phi) is 4.44. The summed E-state index contributed by atoms with van der Waals surface area (Å²) in [4.78, 5) is 18.8. The van der Waals surface area contributed by atoms with Crippen LogP contribution in [0.25, 0.3) is 10.9 Å². The van der Waals surface area contributed by atoms with Crippen LogP contribution in [0.4, 0.5) is 5.69 Å². The lowest BCUT2D eigenvalue weighted by Gasteiger charge is -2.33. The van der Waals surface area contributed by atoms with Gasteiger partial charge >= 0.3 is 0 Å². The molecule has 23 heavy (non-hydrogen) atoms. The number of carbonyl (C=O) groups excluding carboxylic acids is 1. The summed E-state index contributed by atoms with van der Waals surface area (Å²) in [6, 6.07) is 6.08. The van der Waals surface area contributed by atoms with Crippen molar-refractivity contribution in [2.75, 3.05) is 25.0 Å². The third-order valence-corrected chi connectivity index (χ3v) is 4.85. The van der Waals surface area contributed by atoms with Gasteiger partial charge < -0.3 is 10.2 Å². The average molecular weight is 332 g/mol. The van der Waals surface area contributed by atoms with Gasteiger partial charge in [-0.3, -0.25) is 9.78 Å². The molecule has 1 aromatic heterocycles. The largest absolute Gasteiger partial charge is 0.371 e. The molecule has 1 N–H and O–H groups in total. The highest BCUT2D eigenvalue weighted by Crippen LogP contribution is 2.33. The first-order valence-corrected chi connectivity index (χ1v) is 8.41. The SMILES string of the molecule is CNC(=O)C1CCN(c2cc(C)nc3c(C)cc(Cl)cc23)CC1. The smallest absolute Gasteiger partial charge is 0.222 e. The first kappa shape index (κ1) is 16.1. The van der Waals surface area contributed by atoms with Gasteiger partial charge in [0, 0.05) is 47.8 Å². The van der Waals surface area contributed by atoms with Gasteiger partial charge in [-0.2, -0.15) is 0 Å². The van der Waals surface area contributed by atoms with E-state index < -0.39 is 0 Å². The van der Waals surface area contributed by atoms with Gasteiger partial charge in [0.2, 0.25) is 5.91 Å². The zero-order valence-electron chi connectivity index (χ0n) is 13.8. The van der Waals surface area contributed by atoms with Crippen LogP contribution < -0.4 is 10.2 Å². The van der Waals surface area contributed by atoms with Crippen molar-refractivity contribution in [1.82, 2.24) is 10.3 Å². The summed E-state index contributed by atoms with van der Waals surface area (Å²) in [7, 11) is 1.71. The molecule has 1 saturated heterocycles. The predicted octanol–water partition coefficient (Wildman–Crippen LogP) is 3.47. The Morgan fingerprint density at radius 1 is 1.26 bits per heavy atom. The molecule has 0 radical (unpaired) electrons. The molecule has 0 spiro atoms. The molecular formula is C18H22ClN3O. The number of rotatable bonds is 2. The summed E-state index contributed by atoms with van der Waals surface area (Å²) in [5, 5.41) is 4.59. The van der Waals surface area contributed by atoms with Gasteiger partial charge in [0.15, 0.2) is 0 Å². The summed E-state index contributed by atoms with van der Waals surface area (Å²) < 4.78 is 0. The summed E-state index contributed by atoms with van der Waals surface area (Å²) in [5.41, 5.74) is 4.29. The van der Waals surface area contributed by atoms with Gasteiger partial charge in [-0.25, -0.2) is 0 Å². The molecule has 2 aromatic rings. The minimum atomic E-state index is 0.121. The number of aryl methyl sites for hydroxylation is 2. The van der Waals surface area contributed by atoms with Crippen LogP contribution in [0.15, 0.2) is 18.2 Å². The number of hydrogen-bond acceptors (Lipinski definition) is 3. The standard InChI is InChI=1S/C18H22ClN3O/c1-11-8-14(19)10-15-16(9-12(2)21-17(11)15)22-6-4-13(5-7-22)18(23)20-3/h8-10,13H,4-7H2,1-3H3,(H,20,23). The van der Waals surface area contributed by atoms with E-state index in [1.807, 2.05) is 26.0 Å². The minimum absolute atomic E-state index is 0.121. The van der Waals surface area contributed by atoms with E-state index in [2.05, 4.69) is 21.3 Å². The molecule has 1 aliphatic rings. The van der Waals surface area contributed by atoms with E-state index in [0.717, 1.165) is 53.1 Å². The Labute approximate surface area is 141 Å². The number of fused-ring (bicyclic) bond motifs is 1. The molecule has 0 saturated carbocycles. The number of hydrogen-bond donors (Lipinski definition) is 1. The molecule has 1 aromatic carbocycles. The lowest BCUT2D eigenvalue weighted by Crippen LogP contribution is -2.39. The molecule has 1 aliphatic heterocycles. The highest BCUT2D eigenvalue weighted by Gasteiger charge is 2.25. The minimum Gasteiger partial charge on any atom is -0.371 e. The summed E-state index contributed by atoms with van der Waals surface area (Å²) >= 11 is 6.26. The Balaban J connectivity index is 1.96. The lowest BCUT2D eigenvalue weighted by atomic mass is 9.95. The van der Waals surface area contributed by atoms with Crippen LogP contribution in [0.3, 0.4) is 0 Å². The number of nitrogens with one attached hydrogen (secondary N) is 1. The Morgan fingerprint density at radius 3 is 2.61 bits per heavy atom. The molecular weight excluding hydrogens is 310 g/mol. The molecule has 0 aliphatic carbocycles. The van der Waals surface area contributed by atoms with Gasteiger partial charge in [0.1, 0.15) is 0 Å². The second-order valence-electron chi connectivity index (χ2n) is 6.28. The summed E-state index contributed by atoms with van der Waals surface area (Å²) in [6.45, 7) is 5.82. The number of amides is 1. The van der Waals surface area contributed by atoms with E-state index in [1.165, 1.54) is 5.69 Å². The first-order chi connectivity index (χ1) is 11.0. The molecule has 5 heteroatoms. The second kappa shape index (κ2) is 6.36. The molecule has 0 atom stereocenters. The van der Waals surface area contributed by atoms with Crippen LogP contribution >= 0.6 is 11.6 Å². The monoisotopic (exact) mass is 331 g/mol. The van der Waals surface area contributed by atoms with E-state index in [-0.39, 0.29) is 11.8 Å². The van der Waals surface area contributed by atoms with E-state index in [0.29, 0.717) is 0 Å². The Bertz CT molecular complexity index is 752. The van der Waals surface area contributed by atoms with Crippen molar-refractivity contribution in [2.24, 2.45) is 5.92 Å². The topological polar surface area (TPSA) is 45.2 Å².